The molecule has 0 spiro atoms. The molecule has 7 nitrogen and oxygen atoms in total. The second-order valence-electron chi connectivity index (χ2n) is 6.81. The minimum absolute atomic E-state index is 0.0615. The maximum atomic E-state index is 12.9. The molecule has 9 heteroatoms. The van der Waals surface area contributed by atoms with E-state index in [1.165, 1.54) is 0 Å². The van der Waals surface area contributed by atoms with Gasteiger partial charge in [-0.2, -0.15) is 0 Å². The highest BCUT2D eigenvalue weighted by Crippen LogP contribution is 2.37. The lowest BCUT2D eigenvalue weighted by molar-refractivity contribution is 0.167. The molecule has 1 aromatic carbocycles. The summed E-state index contributed by atoms with van der Waals surface area (Å²) in [5, 5.41) is 1.47. The summed E-state index contributed by atoms with van der Waals surface area (Å²) >= 11 is 1.77. The van der Waals surface area contributed by atoms with Crippen LogP contribution in [0.15, 0.2) is 40.6 Å². The van der Waals surface area contributed by atoms with Crippen LogP contribution in [0, 0.1) is 0 Å². The molecule has 146 valence electrons. The van der Waals surface area contributed by atoms with E-state index in [1.807, 2.05) is 17.8 Å². The minimum Gasteiger partial charge on any atom is -0.486 e. The van der Waals surface area contributed by atoms with Crippen molar-refractivity contribution in [3.05, 3.63) is 30.6 Å². The molecule has 0 saturated heterocycles. The molecule has 1 saturated carbocycles. The van der Waals surface area contributed by atoms with E-state index >= 15 is 0 Å². The molecular formula is C18H23N3O4S2. The summed E-state index contributed by atoms with van der Waals surface area (Å²) in [6.45, 7) is 0.788. The Labute approximate surface area is 163 Å². The average molecular weight is 410 g/mol. The van der Waals surface area contributed by atoms with Crippen molar-refractivity contribution in [3.8, 4) is 11.5 Å². The number of benzene rings is 1. The zero-order chi connectivity index (χ0) is 18.9. The molecule has 1 N–H and O–H groups in total. The van der Waals surface area contributed by atoms with Crippen molar-refractivity contribution in [3.63, 3.8) is 0 Å². The molecule has 1 fully saturated rings. The first-order chi connectivity index (χ1) is 13.0. The number of thioether (sulfide) groups is 1. The summed E-state index contributed by atoms with van der Waals surface area (Å²) < 4.78 is 41.7. The van der Waals surface area contributed by atoms with E-state index in [-0.39, 0.29) is 10.9 Å². The maximum absolute atomic E-state index is 12.9. The minimum atomic E-state index is -3.65. The predicted octanol–water partition coefficient (Wildman–Crippen LogP) is 2.57. The Morgan fingerprint density at radius 1 is 1.19 bits per heavy atom. The number of rotatable bonds is 5. The Hall–Kier alpha value is -1.71. The summed E-state index contributed by atoms with van der Waals surface area (Å²) in [5.41, 5.74) is 0. The van der Waals surface area contributed by atoms with Crippen LogP contribution in [-0.2, 0) is 17.1 Å². The number of para-hydroxylation sites is 1. The second-order valence-corrected chi connectivity index (χ2v) is 9.76. The molecule has 4 rings (SSSR count). The normalized spacial score (nSPS) is 22.6. The van der Waals surface area contributed by atoms with Crippen LogP contribution in [0.3, 0.4) is 0 Å². The number of nitrogens with one attached hydrogen (secondary N) is 1. The molecule has 0 radical (unpaired) electrons. The third-order valence-electron chi connectivity index (χ3n) is 4.86. The first-order valence-electron chi connectivity index (χ1n) is 9.08. The van der Waals surface area contributed by atoms with Crippen molar-refractivity contribution < 1.29 is 17.9 Å². The van der Waals surface area contributed by atoms with Crippen LogP contribution in [0.1, 0.15) is 25.7 Å². The van der Waals surface area contributed by atoms with Crippen molar-refractivity contribution >= 4 is 21.8 Å². The number of aromatic nitrogens is 2. The largest absolute Gasteiger partial charge is 0.486 e. The van der Waals surface area contributed by atoms with Crippen LogP contribution < -0.4 is 14.2 Å². The van der Waals surface area contributed by atoms with Gasteiger partial charge in [-0.15, -0.1) is 0 Å². The lowest BCUT2D eigenvalue weighted by Crippen LogP contribution is -2.38. The van der Waals surface area contributed by atoms with E-state index < -0.39 is 10.0 Å². The lowest BCUT2D eigenvalue weighted by atomic mass is 9.96. The van der Waals surface area contributed by atoms with Gasteiger partial charge in [-0.3, -0.25) is 0 Å². The van der Waals surface area contributed by atoms with Gasteiger partial charge < -0.3 is 14.0 Å². The highest BCUT2D eigenvalue weighted by molar-refractivity contribution is 7.99. The van der Waals surface area contributed by atoms with Gasteiger partial charge in [0.25, 0.3) is 0 Å². The number of aryl methyl sites for hydroxylation is 1. The smallest absolute Gasteiger partial charge is 0.244 e. The first-order valence-corrected chi connectivity index (χ1v) is 11.4. The molecule has 0 unspecified atom stereocenters. The monoisotopic (exact) mass is 409 g/mol. The van der Waals surface area contributed by atoms with Gasteiger partial charge >= 0.3 is 0 Å². The number of hydrogen-bond acceptors (Lipinski definition) is 6. The van der Waals surface area contributed by atoms with Gasteiger partial charge in [0.05, 0.1) is 0 Å². The SMILES string of the molecule is Cn1ccnc1SC1CCC(NS(=O)(=O)c2cccc3c2OCCO3)CC1. The molecule has 0 bridgehead atoms. The van der Waals surface area contributed by atoms with Crippen LogP contribution in [0.5, 0.6) is 11.5 Å². The van der Waals surface area contributed by atoms with Gasteiger partial charge in [-0.25, -0.2) is 18.1 Å². The number of imidazole rings is 1. The third kappa shape index (κ3) is 4.09. The summed E-state index contributed by atoms with van der Waals surface area (Å²) in [4.78, 5) is 4.51. The van der Waals surface area contributed by atoms with Gasteiger partial charge in [-0.05, 0) is 37.8 Å². The van der Waals surface area contributed by atoms with Crippen molar-refractivity contribution in [1.29, 1.82) is 0 Å². The Morgan fingerprint density at radius 3 is 2.70 bits per heavy atom. The summed E-state index contributed by atoms with van der Waals surface area (Å²) in [7, 11) is -1.67. The maximum Gasteiger partial charge on any atom is 0.244 e. The fraction of sp³-hybridized carbons (Fsp3) is 0.500. The fourth-order valence-corrected chi connectivity index (χ4v) is 6.07. The van der Waals surface area contributed by atoms with Crippen LogP contribution in [0.2, 0.25) is 0 Å². The molecule has 1 aliphatic carbocycles. The zero-order valence-electron chi connectivity index (χ0n) is 15.1. The summed E-state index contributed by atoms with van der Waals surface area (Å²) in [5.74, 6) is 0.801. The van der Waals surface area contributed by atoms with Crippen molar-refractivity contribution in [1.82, 2.24) is 14.3 Å². The van der Waals surface area contributed by atoms with Gasteiger partial charge in [0.1, 0.15) is 18.1 Å². The van der Waals surface area contributed by atoms with E-state index in [1.54, 1.807) is 36.2 Å². The average Bonchev–Trinajstić information content (AvgIpc) is 3.07. The quantitative estimate of drug-likeness (QED) is 0.817. The van der Waals surface area contributed by atoms with E-state index in [4.69, 9.17) is 9.47 Å². The molecule has 2 aliphatic rings. The Kier molecular flexibility index (Phi) is 5.34. The van der Waals surface area contributed by atoms with E-state index in [0.717, 1.165) is 30.8 Å². The number of hydrogen-bond donors (Lipinski definition) is 1. The summed E-state index contributed by atoms with van der Waals surface area (Å²) in [6, 6.07) is 4.92. The molecule has 2 heterocycles. The Bertz CT molecular complexity index is 905. The van der Waals surface area contributed by atoms with Gasteiger partial charge in [0, 0.05) is 30.7 Å². The lowest BCUT2D eigenvalue weighted by Gasteiger charge is -2.29. The van der Waals surface area contributed by atoms with Crippen LogP contribution in [0.4, 0.5) is 0 Å². The Balaban J connectivity index is 1.39. The molecule has 1 aromatic heterocycles. The Morgan fingerprint density at radius 2 is 1.96 bits per heavy atom. The number of nitrogens with zero attached hydrogens (tertiary/aromatic N) is 2. The fourth-order valence-electron chi connectivity index (χ4n) is 3.45. The molecular weight excluding hydrogens is 386 g/mol. The van der Waals surface area contributed by atoms with Crippen molar-refractivity contribution in [2.45, 2.75) is 47.0 Å². The van der Waals surface area contributed by atoms with Crippen molar-refractivity contribution in [2.24, 2.45) is 7.05 Å². The molecule has 0 atom stereocenters. The van der Waals surface area contributed by atoms with Gasteiger partial charge in [-0.1, -0.05) is 17.8 Å². The molecule has 1 aliphatic heterocycles. The van der Waals surface area contributed by atoms with Gasteiger partial charge in [0.15, 0.2) is 16.7 Å². The predicted molar refractivity (Wildman–Crippen MR) is 103 cm³/mol. The number of sulfonamides is 1. The molecule has 0 amide bonds. The van der Waals surface area contributed by atoms with Crippen molar-refractivity contribution in [2.75, 3.05) is 13.2 Å². The highest BCUT2D eigenvalue weighted by Gasteiger charge is 2.30. The zero-order valence-corrected chi connectivity index (χ0v) is 16.8. The number of fused-ring (bicyclic) bond motifs is 1. The third-order valence-corrected chi connectivity index (χ3v) is 7.82. The highest BCUT2D eigenvalue weighted by atomic mass is 32.2. The first kappa shape index (κ1) is 18.6. The van der Waals surface area contributed by atoms with Crippen LogP contribution >= 0.6 is 11.8 Å². The standard InChI is InChI=1S/C18H23N3O4S2/c1-21-10-9-19-18(21)26-14-7-5-13(6-8-14)20-27(22,23)16-4-2-3-15-17(16)25-12-11-24-15/h2-4,9-10,13-14,20H,5-8,11-12H2,1H3. The second kappa shape index (κ2) is 7.73. The molecule has 2 aromatic rings. The van der Waals surface area contributed by atoms with Crippen LogP contribution in [-0.4, -0.2) is 42.5 Å². The number of ether oxygens (including phenoxy) is 2. The topological polar surface area (TPSA) is 82.5 Å². The van der Waals surface area contributed by atoms with Gasteiger partial charge in [0.2, 0.25) is 10.0 Å². The van der Waals surface area contributed by atoms with Crippen LogP contribution in [0.25, 0.3) is 0 Å². The van der Waals surface area contributed by atoms with E-state index in [9.17, 15) is 8.42 Å². The summed E-state index contributed by atoms with van der Waals surface area (Å²) in [6.07, 6.45) is 7.28. The van der Waals surface area contributed by atoms with E-state index in [2.05, 4.69) is 9.71 Å². The molecule has 27 heavy (non-hydrogen) atoms. The van der Waals surface area contributed by atoms with E-state index in [0.29, 0.717) is 30.0 Å².